The van der Waals surface area contributed by atoms with Gasteiger partial charge in [-0.25, -0.2) is 13.2 Å². The molecule has 3 aromatic rings. The smallest absolute Gasteiger partial charge is 0.308 e. The highest BCUT2D eigenvalue weighted by Crippen LogP contribution is 2.30. The first kappa shape index (κ1) is 19.7. The summed E-state index contributed by atoms with van der Waals surface area (Å²) in [5, 5.41) is 5.42. The van der Waals surface area contributed by atoms with Gasteiger partial charge in [-0.05, 0) is 54.3 Å². The van der Waals surface area contributed by atoms with Crippen molar-refractivity contribution in [2.75, 3.05) is 15.4 Å². The molecule has 2 amide bonds. The van der Waals surface area contributed by atoms with Crippen LogP contribution in [-0.2, 0) is 16.4 Å². The highest BCUT2D eigenvalue weighted by Gasteiger charge is 2.23. The zero-order valence-electron chi connectivity index (χ0n) is 16.1. The van der Waals surface area contributed by atoms with E-state index in [0.29, 0.717) is 34.8 Å². The number of rotatable bonds is 5. The van der Waals surface area contributed by atoms with Gasteiger partial charge in [0.05, 0.1) is 16.3 Å². The third-order valence-corrected chi connectivity index (χ3v) is 6.31. The van der Waals surface area contributed by atoms with Crippen molar-refractivity contribution in [3.05, 3.63) is 94.9 Å². The molecule has 6 nitrogen and oxygen atoms in total. The molecule has 0 heterocycles. The normalized spacial score (nSPS) is 13.0. The first-order valence-corrected chi connectivity index (χ1v) is 11.0. The maximum absolute atomic E-state index is 13.0. The second-order valence-corrected chi connectivity index (χ2v) is 8.64. The molecule has 0 saturated heterocycles. The Labute approximate surface area is 175 Å². The SMILES string of the molecule is O=C(Nc1ccccc1)Nc1ccccc1NS(=O)(=O)C1=Cc2ccccc2CC1. The van der Waals surface area contributed by atoms with E-state index in [1.54, 1.807) is 42.5 Å². The van der Waals surface area contributed by atoms with Crippen LogP contribution >= 0.6 is 0 Å². The summed E-state index contributed by atoms with van der Waals surface area (Å²) in [6.07, 6.45) is 2.80. The maximum atomic E-state index is 13.0. The lowest BCUT2D eigenvalue weighted by Crippen LogP contribution is -2.22. The van der Waals surface area contributed by atoms with Crippen molar-refractivity contribution in [3.8, 4) is 0 Å². The number of amides is 2. The van der Waals surface area contributed by atoms with E-state index in [1.165, 1.54) is 0 Å². The Kier molecular flexibility index (Phi) is 5.54. The van der Waals surface area contributed by atoms with Gasteiger partial charge in [-0.1, -0.05) is 54.6 Å². The van der Waals surface area contributed by atoms with Crippen LogP contribution in [0.1, 0.15) is 17.5 Å². The second-order valence-electron chi connectivity index (χ2n) is 6.91. The summed E-state index contributed by atoms with van der Waals surface area (Å²) in [5.41, 5.74) is 3.36. The van der Waals surface area contributed by atoms with E-state index in [0.717, 1.165) is 11.1 Å². The van der Waals surface area contributed by atoms with Crippen molar-refractivity contribution in [1.29, 1.82) is 0 Å². The molecule has 4 rings (SSSR count). The fourth-order valence-electron chi connectivity index (χ4n) is 3.32. The Morgan fingerprint density at radius 3 is 2.20 bits per heavy atom. The number of urea groups is 1. The first-order chi connectivity index (χ1) is 14.5. The molecule has 3 aromatic carbocycles. The number of benzene rings is 3. The summed E-state index contributed by atoms with van der Waals surface area (Å²) in [5.74, 6) is 0. The molecule has 1 aliphatic rings. The minimum Gasteiger partial charge on any atom is -0.308 e. The van der Waals surface area contributed by atoms with Crippen LogP contribution in [0.4, 0.5) is 21.9 Å². The van der Waals surface area contributed by atoms with Gasteiger partial charge in [0.2, 0.25) is 0 Å². The molecule has 7 heteroatoms. The molecule has 0 atom stereocenters. The molecule has 1 aliphatic carbocycles. The first-order valence-electron chi connectivity index (χ1n) is 9.55. The number of hydrogen-bond acceptors (Lipinski definition) is 3. The molecule has 0 aliphatic heterocycles. The molecular weight excluding hydrogens is 398 g/mol. The molecular formula is C23H21N3O3S. The molecule has 0 spiro atoms. The Bertz CT molecular complexity index is 1210. The van der Waals surface area contributed by atoms with Gasteiger partial charge in [0.1, 0.15) is 0 Å². The largest absolute Gasteiger partial charge is 0.323 e. The van der Waals surface area contributed by atoms with Crippen molar-refractivity contribution in [3.63, 3.8) is 0 Å². The lowest BCUT2D eigenvalue weighted by atomic mass is 9.98. The molecule has 0 aromatic heterocycles. The van der Waals surface area contributed by atoms with E-state index in [1.807, 2.05) is 42.5 Å². The fourth-order valence-corrected chi connectivity index (χ4v) is 4.57. The van der Waals surface area contributed by atoms with Gasteiger partial charge in [-0.2, -0.15) is 0 Å². The van der Waals surface area contributed by atoms with Gasteiger partial charge >= 0.3 is 6.03 Å². The standard InChI is InChI=1S/C23H21N3O3S/c27-23(24-19-10-2-1-3-11-19)25-21-12-6-7-13-22(21)26-30(28,29)20-15-14-17-8-4-5-9-18(17)16-20/h1-13,16,26H,14-15H2,(H2,24,25,27). The van der Waals surface area contributed by atoms with Crippen LogP contribution in [-0.4, -0.2) is 14.4 Å². The quantitative estimate of drug-likeness (QED) is 0.540. The van der Waals surface area contributed by atoms with E-state index in [2.05, 4.69) is 15.4 Å². The predicted octanol–water partition coefficient (Wildman–Crippen LogP) is 5.06. The average Bonchev–Trinajstić information content (AvgIpc) is 2.75. The van der Waals surface area contributed by atoms with Crippen molar-refractivity contribution in [2.45, 2.75) is 12.8 Å². The van der Waals surface area contributed by atoms with Crippen LogP contribution in [0.3, 0.4) is 0 Å². The number of carbonyl (C=O) groups excluding carboxylic acids is 1. The molecule has 0 fully saturated rings. The van der Waals surface area contributed by atoms with E-state index in [4.69, 9.17) is 0 Å². The molecule has 0 saturated carbocycles. The van der Waals surface area contributed by atoms with Crippen molar-refractivity contribution >= 4 is 39.2 Å². The van der Waals surface area contributed by atoms with Crippen LogP contribution in [0.5, 0.6) is 0 Å². The van der Waals surface area contributed by atoms with Crippen LogP contribution in [0.15, 0.2) is 83.8 Å². The van der Waals surface area contributed by atoms with Gasteiger partial charge in [0.25, 0.3) is 10.0 Å². The lowest BCUT2D eigenvalue weighted by molar-refractivity contribution is 0.262. The number of hydrogen-bond donors (Lipinski definition) is 3. The predicted molar refractivity (Wildman–Crippen MR) is 121 cm³/mol. The van der Waals surface area contributed by atoms with Gasteiger partial charge in [-0.15, -0.1) is 0 Å². The number of allylic oxidation sites excluding steroid dienone is 1. The van der Waals surface area contributed by atoms with Crippen molar-refractivity contribution < 1.29 is 13.2 Å². The van der Waals surface area contributed by atoms with Crippen LogP contribution in [0.2, 0.25) is 0 Å². The van der Waals surface area contributed by atoms with E-state index in [9.17, 15) is 13.2 Å². The molecule has 0 radical (unpaired) electrons. The lowest BCUT2D eigenvalue weighted by Gasteiger charge is -2.19. The van der Waals surface area contributed by atoms with Gasteiger partial charge in [-0.3, -0.25) is 4.72 Å². The Hall–Kier alpha value is -3.58. The number of fused-ring (bicyclic) bond motifs is 1. The number of sulfonamides is 1. The van der Waals surface area contributed by atoms with Crippen molar-refractivity contribution in [2.24, 2.45) is 0 Å². The van der Waals surface area contributed by atoms with E-state index in [-0.39, 0.29) is 0 Å². The van der Waals surface area contributed by atoms with Gasteiger partial charge in [0, 0.05) is 5.69 Å². The third kappa shape index (κ3) is 4.52. The van der Waals surface area contributed by atoms with Crippen LogP contribution in [0, 0.1) is 0 Å². The van der Waals surface area contributed by atoms with E-state index < -0.39 is 16.1 Å². The topological polar surface area (TPSA) is 87.3 Å². The summed E-state index contributed by atoms with van der Waals surface area (Å²) in [4.78, 5) is 12.7. The Morgan fingerprint density at radius 2 is 1.40 bits per heavy atom. The molecule has 0 unspecified atom stereocenters. The number of para-hydroxylation sites is 3. The van der Waals surface area contributed by atoms with E-state index >= 15 is 0 Å². The zero-order chi connectivity index (χ0) is 21.0. The Balaban J connectivity index is 1.53. The fraction of sp³-hybridized carbons (Fsp3) is 0.0870. The second kappa shape index (κ2) is 8.42. The summed E-state index contributed by atoms with van der Waals surface area (Å²) in [6.45, 7) is 0. The molecule has 0 bridgehead atoms. The monoisotopic (exact) mass is 419 g/mol. The number of carbonyl (C=O) groups is 1. The zero-order valence-corrected chi connectivity index (χ0v) is 16.9. The minimum atomic E-state index is -3.76. The number of anilines is 3. The number of nitrogens with one attached hydrogen (secondary N) is 3. The minimum absolute atomic E-state index is 0.306. The van der Waals surface area contributed by atoms with Crippen LogP contribution < -0.4 is 15.4 Å². The summed E-state index contributed by atoms with van der Waals surface area (Å²) < 4.78 is 28.6. The summed E-state index contributed by atoms with van der Waals surface area (Å²) >= 11 is 0. The van der Waals surface area contributed by atoms with Gasteiger partial charge < -0.3 is 10.6 Å². The maximum Gasteiger partial charge on any atom is 0.323 e. The summed E-state index contributed by atoms with van der Waals surface area (Å²) in [7, 11) is -3.76. The summed E-state index contributed by atoms with van der Waals surface area (Å²) in [6, 6.07) is 23.0. The Morgan fingerprint density at radius 1 is 0.733 bits per heavy atom. The molecule has 3 N–H and O–H groups in total. The average molecular weight is 420 g/mol. The number of aryl methyl sites for hydroxylation is 1. The highest BCUT2D eigenvalue weighted by atomic mass is 32.2. The van der Waals surface area contributed by atoms with Gasteiger partial charge in [0.15, 0.2) is 0 Å². The highest BCUT2D eigenvalue weighted by molar-refractivity contribution is 7.96. The molecule has 152 valence electrons. The van der Waals surface area contributed by atoms with Crippen molar-refractivity contribution in [1.82, 2.24) is 0 Å². The molecule has 30 heavy (non-hydrogen) atoms. The van der Waals surface area contributed by atoms with Crippen LogP contribution in [0.25, 0.3) is 6.08 Å². The third-order valence-electron chi connectivity index (χ3n) is 4.81.